The van der Waals surface area contributed by atoms with Crippen LogP contribution in [0.15, 0.2) is 36.5 Å². The minimum Gasteiger partial charge on any atom is -0.464 e. The predicted molar refractivity (Wildman–Crippen MR) is 143 cm³/mol. The van der Waals surface area contributed by atoms with Crippen molar-refractivity contribution < 1.29 is 40.4 Å². The molecule has 0 atom stereocenters. The summed E-state index contributed by atoms with van der Waals surface area (Å²) in [5.74, 6) is -2.55. The van der Waals surface area contributed by atoms with Crippen molar-refractivity contribution in [2.45, 2.75) is 44.6 Å². The Morgan fingerprint density at radius 1 is 1.12 bits per heavy atom. The van der Waals surface area contributed by atoms with E-state index in [0.29, 0.717) is 36.8 Å². The lowest BCUT2D eigenvalue weighted by atomic mass is 9.73. The summed E-state index contributed by atoms with van der Waals surface area (Å²) < 4.78 is 74.5. The molecular weight excluding hydrogens is 548 g/mol. The zero-order valence-electron chi connectivity index (χ0n) is 23.1. The standard InChI is InChI=1S/C27H33F2N3O7S/c1-26(2,3)39-25(33)31-10-8-27(9-11-31,16-38-40(5,34)35)19-6-7-22-18(12-19)15-30-32(22)20-13-21(28)24(29)23(14-20)37-17-36-4/h6-7,12-15H,8-11,16-17H2,1-5H3. The van der Waals surface area contributed by atoms with Crippen molar-refractivity contribution in [3.63, 3.8) is 0 Å². The van der Waals surface area contributed by atoms with E-state index in [-0.39, 0.29) is 24.8 Å². The molecule has 1 amide bonds. The molecule has 1 aliphatic heterocycles. The third kappa shape index (κ3) is 6.70. The first-order chi connectivity index (χ1) is 18.7. The lowest BCUT2D eigenvalue weighted by Crippen LogP contribution is -2.48. The van der Waals surface area contributed by atoms with Gasteiger partial charge in [-0.2, -0.15) is 17.9 Å². The molecule has 1 aliphatic rings. The van der Waals surface area contributed by atoms with Crippen LogP contribution in [-0.2, 0) is 29.2 Å². The Labute approximate surface area is 231 Å². The molecule has 1 fully saturated rings. The molecule has 13 heteroatoms. The maximum Gasteiger partial charge on any atom is 0.410 e. The highest BCUT2D eigenvalue weighted by molar-refractivity contribution is 7.85. The Kier molecular flexibility index (Phi) is 8.38. The van der Waals surface area contributed by atoms with Crippen LogP contribution in [0, 0.1) is 11.6 Å². The van der Waals surface area contributed by atoms with E-state index in [1.807, 2.05) is 12.1 Å². The summed E-state index contributed by atoms with van der Waals surface area (Å²) in [4.78, 5) is 14.2. The van der Waals surface area contributed by atoms with E-state index >= 15 is 0 Å². The zero-order chi connectivity index (χ0) is 29.3. The molecule has 0 radical (unpaired) electrons. The highest BCUT2D eigenvalue weighted by Gasteiger charge is 2.40. The monoisotopic (exact) mass is 581 g/mol. The van der Waals surface area contributed by atoms with E-state index in [4.69, 9.17) is 18.4 Å². The van der Waals surface area contributed by atoms with Gasteiger partial charge >= 0.3 is 6.09 Å². The van der Waals surface area contributed by atoms with E-state index < -0.39 is 38.9 Å². The second-order valence-corrected chi connectivity index (χ2v) is 12.5. The summed E-state index contributed by atoms with van der Waals surface area (Å²) in [6.07, 6.45) is 3.02. The second kappa shape index (κ2) is 11.3. The molecule has 2 heterocycles. The number of halogens is 2. The number of likely N-dealkylation sites (tertiary alicyclic amines) is 1. The van der Waals surface area contributed by atoms with Crippen LogP contribution >= 0.6 is 0 Å². The van der Waals surface area contributed by atoms with E-state index in [1.54, 1.807) is 37.9 Å². The second-order valence-electron chi connectivity index (χ2n) is 10.8. The number of hydrogen-bond acceptors (Lipinski definition) is 8. The molecule has 2 aromatic carbocycles. The molecule has 218 valence electrons. The molecule has 0 aliphatic carbocycles. The summed E-state index contributed by atoms with van der Waals surface area (Å²) in [5.41, 5.74) is 0.314. The van der Waals surface area contributed by atoms with E-state index in [0.717, 1.165) is 17.9 Å². The number of benzene rings is 2. The van der Waals surface area contributed by atoms with Crippen LogP contribution in [0.2, 0.25) is 0 Å². The van der Waals surface area contributed by atoms with Gasteiger partial charge in [-0.15, -0.1) is 0 Å². The van der Waals surface area contributed by atoms with Gasteiger partial charge in [0.15, 0.2) is 18.4 Å². The van der Waals surface area contributed by atoms with Gasteiger partial charge in [-0.05, 0) is 51.3 Å². The molecular formula is C27H33F2N3O7S. The molecule has 4 rings (SSSR count). The van der Waals surface area contributed by atoms with Gasteiger partial charge in [0.1, 0.15) is 5.60 Å². The van der Waals surface area contributed by atoms with E-state index in [2.05, 4.69) is 5.10 Å². The van der Waals surface area contributed by atoms with Crippen LogP contribution in [-0.4, -0.2) is 74.6 Å². The fraction of sp³-hybridized carbons (Fsp3) is 0.481. The number of carbonyl (C=O) groups is 1. The molecule has 1 saturated heterocycles. The number of fused-ring (bicyclic) bond motifs is 1. The highest BCUT2D eigenvalue weighted by Crippen LogP contribution is 2.38. The maximum absolute atomic E-state index is 14.3. The quantitative estimate of drug-likeness (QED) is 0.282. The molecule has 10 nitrogen and oxygen atoms in total. The molecule has 3 aromatic rings. The molecule has 0 bridgehead atoms. The average Bonchev–Trinajstić information content (AvgIpc) is 3.30. The number of hydrogen-bond donors (Lipinski definition) is 0. The normalized spacial score (nSPS) is 15.8. The van der Waals surface area contributed by atoms with Crippen LogP contribution < -0.4 is 4.74 Å². The molecule has 0 unspecified atom stereocenters. The van der Waals surface area contributed by atoms with Crippen LogP contribution in [0.25, 0.3) is 16.6 Å². The van der Waals surface area contributed by atoms with Crippen LogP contribution in [0.1, 0.15) is 39.2 Å². The van der Waals surface area contributed by atoms with Gasteiger partial charge in [0.25, 0.3) is 10.1 Å². The van der Waals surface area contributed by atoms with Crippen LogP contribution in [0.5, 0.6) is 5.75 Å². The van der Waals surface area contributed by atoms with Gasteiger partial charge in [-0.1, -0.05) is 6.07 Å². The molecule has 0 saturated carbocycles. The Hall–Kier alpha value is -3.29. The first-order valence-electron chi connectivity index (χ1n) is 12.6. The van der Waals surface area contributed by atoms with Gasteiger partial charge in [-0.25, -0.2) is 13.9 Å². The maximum atomic E-state index is 14.3. The first-order valence-corrected chi connectivity index (χ1v) is 14.4. The summed E-state index contributed by atoms with van der Waals surface area (Å²) in [7, 11) is -2.36. The van der Waals surface area contributed by atoms with Crippen molar-refractivity contribution >= 4 is 27.1 Å². The van der Waals surface area contributed by atoms with Crippen molar-refractivity contribution in [3.05, 3.63) is 53.7 Å². The molecule has 1 aromatic heterocycles. The van der Waals surface area contributed by atoms with Crippen molar-refractivity contribution in [2.75, 3.05) is 39.9 Å². The third-order valence-electron chi connectivity index (χ3n) is 6.66. The fourth-order valence-corrected chi connectivity index (χ4v) is 5.09. The molecule has 0 N–H and O–H groups in total. The van der Waals surface area contributed by atoms with Crippen LogP contribution in [0.4, 0.5) is 13.6 Å². The number of rotatable bonds is 8. The minimum atomic E-state index is -3.73. The topological polar surface area (TPSA) is 109 Å². The van der Waals surface area contributed by atoms with Crippen molar-refractivity contribution in [3.8, 4) is 11.4 Å². The van der Waals surface area contributed by atoms with E-state index in [9.17, 15) is 22.0 Å². The summed E-state index contributed by atoms with van der Waals surface area (Å²) in [6, 6.07) is 7.82. The van der Waals surface area contributed by atoms with Crippen molar-refractivity contribution in [1.29, 1.82) is 0 Å². The number of ether oxygens (including phenoxy) is 3. The molecule has 40 heavy (non-hydrogen) atoms. The highest BCUT2D eigenvalue weighted by atomic mass is 32.2. The largest absolute Gasteiger partial charge is 0.464 e. The SMILES string of the molecule is COCOc1cc(-n2ncc3cc(C4(COS(C)(=O)=O)CCN(C(=O)OC(C)(C)C)CC4)ccc32)cc(F)c1F. The lowest BCUT2D eigenvalue weighted by molar-refractivity contribution is 0.0134. The number of aromatic nitrogens is 2. The molecule has 0 spiro atoms. The Morgan fingerprint density at radius 3 is 2.45 bits per heavy atom. The van der Waals surface area contributed by atoms with Crippen molar-refractivity contribution in [1.82, 2.24) is 14.7 Å². The third-order valence-corrected chi connectivity index (χ3v) is 7.20. The number of nitrogens with zero attached hydrogens (tertiary/aromatic N) is 3. The van der Waals surface area contributed by atoms with Crippen LogP contribution in [0.3, 0.4) is 0 Å². The Bertz CT molecular complexity index is 1490. The van der Waals surface area contributed by atoms with Gasteiger partial charge in [0.05, 0.1) is 30.3 Å². The van der Waals surface area contributed by atoms with Gasteiger partial charge in [0.2, 0.25) is 5.82 Å². The smallest absolute Gasteiger partial charge is 0.410 e. The summed E-state index contributed by atoms with van der Waals surface area (Å²) in [6.45, 7) is 5.71. The van der Waals surface area contributed by atoms with E-state index in [1.165, 1.54) is 17.9 Å². The van der Waals surface area contributed by atoms with Crippen molar-refractivity contribution in [2.24, 2.45) is 0 Å². The number of carbonyl (C=O) groups excluding carboxylic acids is 1. The summed E-state index contributed by atoms with van der Waals surface area (Å²) >= 11 is 0. The predicted octanol–water partition coefficient (Wildman–Crippen LogP) is 4.53. The minimum absolute atomic E-state index is 0.100. The Morgan fingerprint density at radius 2 is 1.82 bits per heavy atom. The Balaban J connectivity index is 1.66. The van der Waals surface area contributed by atoms with Gasteiger partial charge in [0, 0.05) is 43.1 Å². The first kappa shape index (κ1) is 29.7. The van der Waals surface area contributed by atoms with Gasteiger partial charge in [-0.3, -0.25) is 4.18 Å². The number of methoxy groups -OCH3 is 1. The zero-order valence-corrected chi connectivity index (χ0v) is 23.9. The number of piperidine rings is 1. The summed E-state index contributed by atoms with van der Waals surface area (Å²) in [5, 5.41) is 5.06. The lowest BCUT2D eigenvalue weighted by Gasteiger charge is -2.42. The fourth-order valence-electron chi connectivity index (χ4n) is 4.65. The average molecular weight is 582 g/mol. The van der Waals surface area contributed by atoms with Gasteiger partial charge < -0.3 is 19.1 Å². The number of amides is 1.